The van der Waals surface area contributed by atoms with Crippen LogP contribution in [0.25, 0.3) is 0 Å². The lowest BCUT2D eigenvalue weighted by Gasteiger charge is -2.20. The summed E-state index contributed by atoms with van der Waals surface area (Å²) in [5, 5.41) is 2.63. The van der Waals surface area contributed by atoms with E-state index in [2.05, 4.69) is 10.3 Å². The molecule has 0 bridgehead atoms. The van der Waals surface area contributed by atoms with Gasteiger partial charge in [-0.05, 0) is 43.7 Å². The van der Waals surface area contributed by atoms with Gasteiger partial charge in [-0.2, -0.15) is 4.31 Å². The van der Waals surface area contributed by atoms with Crippen molar-refractivity contribution in [3.8, 4) is 0 Å². The van der Waals surface area contributed by atoms with Crippen LogP contribution in [-0.2, 0) is 19.6 Å². The van der Waals surface area contributed by atoms with Crippen molar-refractivity contribution in [2.24, 2.45) is 0 Å². The van der Waals surface area contributed by atoms with Gasteiger partial charge in [0.15, 0.2) is 11.3 Å². The van der Waals surface area contributed by atoms with E-state index >= 15 is 0 Å². The molecule has 0 aliphatic carbocycles. The Balaban J connectivity index is 2.19. The Kier molecular flexibility index (Phi) is 7.94. The minimum Gasteiger partial charge on any atom is -0.449 e. The van der Waals surface area contributed by atoms with Gasteiger partial charge in [0.25, 0.3) is 5.91 Å². The van der Waals surface area contributed by atoms with E-state index < -0.39 is 28.0 Å². The number of aromatic nitrogens is 1. The van der Waals surface area contributed by atoms with Gasteiger partial charge in [0.2, 0.25) is 10.0 Å². The minimum absolute atomic E-state index is 0.0277. The van der Waals surface area contributed by atoms with Crippen LogP contribution in [0.2, 0.25) is 5.15 Å². The Labute approximate surface area is 181 Å². The highest BCUT2D eigenvalue weighted by Gasteiger charge is 2.26. The number of nitrogens with one attached hydrogen (secondary N) is 1. The number of nitrogens with zero attached hydrogens (tertiary/aromatic N) is 2. The number of esters is 1. The van der Waals surface area contributed by atoms with Crippen LogP contribution >= 0.6 is 11.6 Å². The third kappa shape index (κ3) is 5.35. The quantitative estimate of drug-likeness (QED) is 0.485. The molecule has 1 aromatic carbocycles. The van der Waals surface area contributed by atoms with Gasteiger partial charge in [-0.15, -0.1) is 0 Å². The Morgan fingerprint density at radius 3 is 2.50 bits per heavy atom. The summed E-state index contributed by atoms with van der Waals surface area (Å²) in [6.07, 6.45) is 0.334. The van der Waals surface area contributed by atoms with Crippen LogP contribution in [-0.4, -0.2) is 48.8 Å². The van der Waals surface area contributed by atoms with E-state index in [1.807, 2.05) is 0 Å². The first-order valence-corrected chi connectivity index (χ1v) is 11.2. The van der Waals surface area contributed by atoms with Crippen LogP contribution in [0.1, 0.15) is 36.7 Å². The number of hydrogen-bond donors (Lipinski definition) is 1. The maximum atomic E-state index is 12.8. The number of halogens is 1. The summed E-state index contributed by atoms with van der Waals surface area (Å²) in [6, 6.07) is 7.43. The molecule has 2 aromatic rings. The molecule has 10 heteroatoms. The van der Waals surface area contributed by atoms with Gasteiger partial charge in [-0.25, -0.2) is 18.2 Å². The third-order valence-corrected chi connectivity index (χ3v) is 6.91. The van der Waals surface area contributed by atoms with Gasteiger partial charge in [0.05, 0.1) is 16.1 Å². The van der Waals surface area contributed by atoms with Crippen molar-refractivity contribution in [3.63, 3.8) is 0 Å². The van der Waals surface area contributed by atoms with Crippen molar-refractivity contribution in [1.29, 1.82) is 0 Å². The maximum Gasteiger partial charge on any atom is 0.338 e. The van der Waals surface area contributed by atoms with Crippen LogP contribution in [0.4, 0.5) is 5.69 Å². The van der Waals surface area contributed by atoms with E-state index in [-0.39, 0.29) is 21.3 Å². The molecular formula is C20H24ClN3O5S. The van der Waals surface area contributed by atoms with Gasteiger partial charge in [-0.1, -0.05) is 31.5 Å². The molecule has 1 N–H and O–H groups in total. The molecular weight excluding hydrogens is 430 g/mol. The highest BCUT2D eigenvalue weighted by molar-refractivity contribution is 7.89. The van der Waals surface area contributed by atoms with Crippen LogP contribution < -0.4 is 5.32 Å². The number of hydrogen-bond acceptors (Lipinski definition) is 6. The highest BCUT2D eigenvalue weighted by Crippen LogP contribution is 2.22. The standard InChI is InChI=1S/C20H24ClN3O5S/c1-5-24(6-2)30(27,28)17-12-15(10-9-13(17)3)20(26)29-14(4)19(25)23-16-8-7-11-22-18(16)21/h7-12,14H,5-6H2,1-4H3,(H,23,25). The first-order valence-electron chi connectivity index (χ1n) is 9.34. The number of aryl methyl sites for hydroxylation is 1. The largest absolute Gasteiger partial charge is 0.449 e. The summed E-state index contributed by atoms with van der Waals surface area (Å²) < 4.78 is 32.2. The zero-order valence-corrected chi connectivity index (χ0v) is 18.7. The van der Waals surface area contributed by atoms with Gasteiger partial charge in [0, 0.05) is 19.3 Å². The average molecular weight is 454 g/mol. The molecule has 8 nitrogen and oxygen atoms in total. The Bertz CT molecular complexity index is 1040. The second-order valence-corrected chi connectivity index (χ2v) is 8.71. The molecule has 1 unspecified atom stereocenters. The molecule has 162 valence electrons. The molecule has 2 rings (SSSR count). The lowest BCUT2D eigenvalue weighted by atomic mass is 10.1. The number of ether oxygens (including phenoxy) is 1. The Hall–Kier alpha value is -2.49. The molecule has 0 spiro atoms. The van der Waals surface area contributed by atoms with Crippen molar-refractivity contribution >= 4 is 39.2 Å². The van der Waals surface area contributed by atoms with Crippen molar-refractivity contribution in [2.75, 3.05) is 18.4 Å². The lowest BCUT2D eigenvalue weighted by Crippen LogP contribution is -2.32. The monoisotopic (exact) mass is 453 g/mol. The molecule has 0 saturated carbocycles. The molecule has 0 fully saturated rings. The van der Waals surface area contributed by atoms with Crippen LogP contribution in [0, 0.1) is 6.92 Å². The van der Waals surface area contributed by atoms with Crippen molar-refractivity contribution in [2.45, 2.75) is 38.7 Å². The maximum absolute atomic E-state index is 12.8. The fourth-order valence-electron chi connectivity index (χ4n) is 2.70. The first kappa shape index (κ1) is 23.8. The minimum atomic E-state index is -3.75. The molecule has 0 saturated heterocycles. The van der Waals surface area contributed by atoms with E-state index in [1.54, 1.807) is 32.9 Å². The summed E-state index contributed by atoms with van der Waals surface area (Å²) in [5.41, 5.74) is 0.829. The fraction of sp³-hybridized carbons (Fsp3) is 0.350. The molecule has 1 atom stereocenters. The average Bonchev–Trinajstić information content (AvgIpc) is 2.70. The van der Waals surface area contributed by atoms with Crippen LogP contribution in [0.3, 0.4) is 0 Å². The lowest BCUT2D eigenvalue weighted by molar-refractivity contribution is -0.123. The van der Waals surface area contributed by atoms with Crippen molar-refractivity contribution in [3.05, 3.63) is 52.8 Å². The number of anilines is 1. The second kappa shape index (κ2) is 10.0. The summed E-state index contributed by atoms with van der Waals surface area (Å²) in [5.74, 6) is -1.41. The smallest absolute Gasteiger partial charge is 0.338 e. The van der Waals surface area contributed by atoms with Crippen molar-refractivity contribution < 1.29 is 22.7 Å². The third-order valence-electron chi connectivity index (χ3n) is 4.42. The zero-order chi connectivity index (χ0) is 22.5. The molecule has 0 aliphatic heterocycles. The van der Waals surface area contributed by atoms with Gasteiger partial charge in [-0.3, -0.25) is 4.79 Å². The number of amides is 1. The summed E-state index contributed by atoms with van der Waals surface area (Å²) in [4.78, 5) is 28.7. The summed E-state index contributed by atoms with van der Waals surface area (Å²) in [7, 11) is -3.75. The number of rotatable bonds is 8. The summed E-state index contributed by atoms with van der Waals surface area (Å²) in [6.45, 7) is 7.15. The van der Waals surface area contributed by atoms with Crippen LogP contribution in [0.15, 0.2) is 41.4 Å². The summed E-state index contributed by atoms with van der Waals surface area (Å²) >= 11 is 5.90. The topological polar surface area (TPSA) is 106 Å². The first-order chi connectivity index (χ1) is 14.1. The van der Waals surface area contributed by atoms with Gasteiger partial charge >= 0.3 is 5.97 Å². The van der Waals surface area contributed by atoms with Gasteiger partial charge in [0.1, 0.15) is 0 Å². The van der Waals surface area contributed by atoms with E-state index in [0.717, 1.165) is 0 Å². The molecule has 0 aliphatic rings. The zero-order valence-electron chi connectivity index (χ0n) is 17.2. The SMILES string of the molecule is CCN(CC)S(=O)(=O)c1cc(C(=O)OC(C)C(=O)Nc2cccnc2Cl)ccc1C. The van der Waals surface area contributed by atoms with E-state index in [1.165, 1.54) is 35.6 Å². The number of sulfonamides is 1. The predicted octanol–water partition coefficient (Wildman–Crippen LogP) is 3.26. The molecule has 0 radical (unpaired) electrons. The number of carbonyl (C=O) groups is 2. The molecule has 1 amide bonds. The normalized spacial score (nSPS) is 12.5. The van der Waals surface area contributed by atoms with E-state index in [9.17, 15) is 18.0 Å². The Morgan fingerprint density at radius 2 is 1.90 bits per heavy atom. The van der Waals surface area contributed by atoms with Crippen LogP contribution in [0.5, 0.6) is 0 Å². The molecule has 1 heterocycles. The van der Waals surface area contributed by atoms with E-state index in [4.69, 9.17) is 16.3 Å². The molecule has 1 aromatic heterocycles. The highest BCUT2D eigenvalue weighted by atomic mass is 35.5. The number of carbonyl (C=O) groups excluding carboxylic acids is 2. The van der Waals surface area contributed by atoms with Crippen molar-refractivity contribution in [1.82, 2.24) is 9.29 Å². The number of pyridine rings is 1. The second-order valence-electron chi connectivity index (χ2n) is 6.45. The molecule has 30 heavy (non-hydrogen) atoms. The van der Waals surface area contributed by atoms with Gasteiger partial charge < -0.3 is 10.1 Å². The Morgan fingerprint density at radius 1 is 1.23 bits per heavy atom. The fourth-order valence-corrected chi connectivity index (χ4v) is 4.58. The predicted molar refractivity (Wildman–Crippen MR) is 114 cm³/mol. The van der Waals surface area contributed by atoms with E-state index in [0.29, 0.717) is 18.7 Å². The number of benzene rings is 1.